The van der Waals surface area contributed by atoms with Crippen LogP contribution >= 0.6 is 0 Å². The van der Waals surface area contributed by atoms with Crippen LogP contribution in [0.2, 0.25) is 18.1 Å². The summed E-state index contributed by atoms with van der Waals surface area (Å²) in [5.74, 6) is 0.290. The molecule has 1 fully saturated rings. The molecular formula is C31H54O5Si. The Bertz CT molecular complexity index is 908. The van der Waals surface area contributed by atoms with Crippen LogP contribution in [-0.2, 0) is 23.4 Å². The number of hydrogen-bond acceptors (Lipinski definition) is 5. The summed E-state index contributed by atoms with van der Waals surface area (Å²) in [6.07, 6.45) is 8.47. The normalized spacial score (nSPS) is 36.9. The molecule has 0 aromatic carbocycles. The Morgan fingerprint density at radius 1 is 1.08 bits per heavy atom. The highest BCUT2D eigenvalue weighted by atomic mass is 28.4. The van der Waals surface area contributed by atoms with Gasteiger partial charge in [-0.05, 0) is 108 Å². The van der Waals surface area contributed by atoms with Crippen molar-refractivity contribution < 1.29 is 23.4 Å². The van der Waals surface area contributed by atoms with E-state index in [0.29, 0.717) is 30.1 Å². The molecule has 7 atom stereocenters. The Morgan fingerprint density at radius 3 is 2.22 bits per heavy atom. The first-order chi connectivity index (χ1) is 16.8. The summed E-state index contributed by atoms with van der Waals surface area (Å²) in [5.41, 5.74) is 0.104. The number of ether oxygens (including phenoxy) is 3. The summed E-state index contributed by atoms with van der Waals surface area (Å²) in [6.45, 7) is 26.2. The Morgan fingerprint density at radius 2 is 1.70 bits per heavy atom. The van der Waals surface area contributed by atoms with Crippen LogP contribution in [0.1, 0.15) is 88.5 Å². The zero-order chi connectivity index (χ0) is 28.2. The summed E-state index contributed by atoms with van der Waals surface area (Å²) in [4.78, 5) is 13.2. The van der Waals surface area contributed by atoms with Gasteiger partial charge >= 0.3 is 5.97 Å². The van der Waals surface area contributed by atoms with Gasteiger partial charge in [-0.1, -0.05) is 46.3 Å². The number of carbonyl (C=O) groups is 1. The summed E-state index contributed by atoms with van der Waals surface area (Å²) in [7, 11) is -0.448. The lowest BCUT2D eigenvalue weighted by Crippen LogP contribution is -2.55. The van der Waals surface area contributed by atoms with Gasteiger partial charge in [-0.15, -0.1) is 0 Å². The fraction of sp³-hybridized carbons (Fsp3) is 0.839. The summed E-state index contributed by atoms with van der Waals surface area (Å²) >= 11 is 0. The largest absolute Gasteiger partial charge is 0.456 e. The molecular weight excluding hydrogens is 480 g/mol. The first-order valence-corrected chi connectivity index (χ1v) is 17.2. The summed E-state index contributed by atoms with van der Waals surface area (Å²) < 4.78 is 26.6. The van der Waals surface area contributed by atoms with Crippen LogP contribution in [0.5, 0.6) is 0 Å². The maximum Gasteiger partial charge on any atom is 0.311 e. The van der Waals surface area contributed by atoms with E-state index in [4.69, 9.17) is 18.6 Å². The van der Waals surface area contributed by atoms with Gasteiger partial charge in [-0.3, -0.25) is 4.79 Å². The molecule has 0 aromatic heterocycles. The molecule has 37 heavy (non-hydrogen) atoms. The third-order valence-corrected chi connectivity index (χ3v) is 14.2. The molecule has 5 nitrogen and oxygen atoms in total. The Labute approximate surface area is 227 Å². The zero-order valence-corrected chi connectivity index (χ0v) is 26.9. The molecule has 0 spiro atoms. The van der Waals surface area contributed by atoms with Gasteiger partial charge in [0.1, 0.15) is 5.60 Å². The van der Waals surface area contributed by atoms with Crippen molar-refractivity contribution in [3.05, 3.63) is 23.8 Å². The highest BCUT2D eigenvalue weighted by Crippen LogP contribution is 2.52. The van der Waals surface area contributed by atoms with Gasteiger partial charge in [-0.2, -0.15) is 0 Å². The van der Waals surface area contributed by atoms with Crippen LogP contribution in [0.15, 0.2) is 23.8 Å². The number of methoxy groups -OCH3 is 1. The van der Waals surface area contributed by atoms with E-state index in [2.05, 4.69) is 73.7 Å². The van der Waals surface area contributed by atoms with Gasteiger partial charge in [0.15, 0.2) is 14.4 Å². The maximum atomic E-state index is 13.2. The van der Waals surface area contributed by atoms with Crippen molar-refractivity contribution in [2.75, 3.05) is 7.11 Å². The third-order valence-electron chi connectivity index (χ3n) is 9.71. The van der Waals surface area contributed by atoms with E-state index in [1.165, 1.54) is 5.57 Å². The Kier molecular flexibility index (Phi) is 8.45. The molecule has 2 bridgehead atoms. The molecule has 2 aliphatic heterocycles. The molecule has 2 heterocycles. The van der Waals surface area contributed by atoms with Crippen LogP contribution in [-0.4, -0.2) is 45.0 Å². The lowest BCUT2D eigenvalue weighted by Gasteiger charge is -2.46. The van der Waals surface area contributed by atoms with Gasteiger partial charge in [0.25, 0.3) is 0 Å². The van der Waals surface area contributed by atoms with E-state index >= 15 is 0 Å². The minimum Gasteiger partial charge on any atom is -0.456 e. The number of rotatable bonds is 5. The fourth-order valence-electron chi connectivity index (χ4n) is 6.04. The fourth-order valence-corrected chi connectivity index (χ4v) is 7.44. The van der Waals surface area contributed by atoms with E-state index < -0.39 is 31.2 Å². The lowest BCUT2D eigenvalue weighted by molar-refractivity contribution is -0.281. The molecule has 6 heteroatoms. The first-order valence-electron chi connectivity index (χ1n) is 14.3. The van der Waals surface area contributed by atoms with Crippen LogP contribution in [0, 0.1) is 29.1 Å². The van der Waals surface area contributed by atoms with Crippen molar-refractivity contribution in [2.45, 2.75) is 130 Å². The molecule has 0 N–H and O–H groups in total. The molecule has 0 radical (unpaired) electrons. The molecule has 0 aromatic rings. The van der Waals surface area contributed by atoms with Crippen molar-refractivity contribution in [3.63, 3.8) is 0 Å². The minimum atomic E-state index is -2.11. The van der Waals surface area contributed by atoms with Gasteiger partial charge in [0.05, 0.1) is 11.5 Å². The lowest BCUT2D eigenvalue weighted by atomic mass is 9.64. The zero-order valence-electron chi connectivity index (χ0n) is 25.9. The number of fused-ring (bicyclic) bond motifs is 3. The second kappa shape index (κ2) is 10.2. The second-order valence-electron chi connectivity index (χ2n) is 14.9. The first kappa shape index (κ1) is 30.6. The van der Waals surface area contributed by atoms with E-state index in [0.717, 1.165) is 12.8 Å². The number of allylic oxidation sites excluding steroid dienone is 2. The quantitative estimate of drug-likeness (QED) is 0.206. The number of carbonyl (C=O) groups excluding carboxylic acids is 1. The number of esters is 1. The molecule has 0 amide bonds. The van der Waals surface area contributed by atoms with Gasteiger partial charge in [-0.25, -0.2) is 0 Å². The summed E-state index contributed by atoms with van der Waals surface area (Å²) in [6, 6.07) is 0. The average Bonchev–Trinajstić information content (AvgIpc) is 3.13. The second-order valence-corrected chi connectivity index (χ2v) is 19.6. The van der Waals surface area contributed by atoms with Gasteiger partial charge in [0, 0.05) is 7.11 Å². The number of hydrogen-bond donors (Lipinski definition) is 0. The van der Waals surface area contributed by atoms with Crippen LogP contribution < -0.4 is 0 Å². The van der Waals surface area contributed by atoms with Gasteiger partial charge < -0.3 is 18.6 Å². The van der Waals surface area contributed by atoms with Crippen molar-refractivity contribution in [1.29, 1.82) is 0 Å². The van der Waals surface area contributed by atoms with Gasteiger partial charge in [0.2, 0.25) is 5.79 Å². The summed E-state index contributed by atoms with van der Waals surface area (Å²) in [5, 5.41) is 0.0740. The molecule has 212 valence electrons. The Balaban J connectivity index is 2.16. The molecule has 0 saturated carbocycles. The molecule has 1 aliphatic carbocycles. The predicted octanol–water partition coefficient (Wildman–Crippen LogP) is 7.67. The Hall–Kier alpha value is -0.953. The predicted molar refractivity (Wildman–Crippen MR) is 153 cm³/mol. The molecule has 3 aliphatic rings. The smallest absolute Gasteiger partial charge is 0.311 e. The van der Waals surface area contributed by atoms with Crippen LogP contribution in [0.4, 0.5) is 0 Å². The topological polar surface area (TPSA) is 54.0 Å². The van der Waals surface area contributed by atoms with E-state index in [9.17, 15) is 4.79 Å². The van der Waals surface area contributed by atoms with Crippen LogP contribution in [0.25, 0.3) is 0 Å². The van der Waals surface area contributed by atoms with Crippen molar-refractivity contribution in [1.82, 2.24) is 0 Å². The van der Waals surface area contributed by atoms with E-state index in [-0.39, 0.29) is 17.1 Å². The maximum absolute atomic E-state index is 13.2. The van der Waals surface area contributed by atoms with E-state index in [1.54, 1.807) is 7.11 Å². The van der Waals surface area contributed by atoms with Crippen molar-refractivity contribution in [3.8, 4) is 0 Å². The van der Waals surface area contributed by atoms with Crippen molar-refractivity contribution in [2.24, 2.45) is 29.1 Å². The molecule has 0 unspecified atom stereocenters. The molecule has 3 rings (SSSR count). The monoisotopic (exact) mass is 534 g/mol. The van der Waals surface area contributed by atoms with E-state index in [1.807, 2.05) is 26.8 Å². The average molecular weight is 535 g/mol. The highest BCUT2D eigenvalue weighted by Gasteiger charge is 2.58. The van der Waals surface area contributed by atoms with Crippen LogP contribution in [0.3, 0.4) is 0 Å². The highest BCUT2D eigenvalue weighted by molar-refractivity contribution is 6.74. The third kappa shape index (κ3) is 5.97. The minimum absolute atomic E-state index is 0.0740. The SMILES string of the molecule is CO[C@]12C=C[C@](C)(O1)[C@@H](O[Si](C)(C)C(C)(C)C)C[C@H]1C(C)=CC[C@H](C(C)C)[C@H]1C[C@H]2OC(=O)C(C)(C)C. The van der Waals surface area contributed by atoms with Crippen molar-refractivity contribution >= 4 is 14.3 Å². The standard InChI is InChI=1S/C31H54O5Si/c1-20(2)22-15-14-21(3)23-18-25(35-37(12,13)29(7,8)9)30(10)16-17-31(33-11,36-30)26(19-24(22)23)34-27(32)28(4,5)6/h14,16-17,20,22-26H,15,18-19H2,1-13H3/t22-,23+,24-,25+,26-,30+,31-/m1/s1. The molecule has 1 saturated heterocycles.